The molecule has 5 heteroatoms. The second-order valence-corrected chi connectivity index (χ2v) is 7.47. The van der Waals surface area contributed by atoms with Gasteiger partial charge < -0.3 is 15.8 Å². The molecule has 1 aliphatic heterocycles. The van der Waals surface area contributed by atoms with Crippen molar-refractivity contribution in [3.8, 4) is 5.75 Å². The van der Waals surface area contributed by atoms with Crippen LogP contribution in [0.5, 0.6) is 5.75 Å². The standard InChI is InChI=1S/C23H32N4O/c1-3-18-5-4-6-21(15-18)26-23(24)25-16-19-11-13-27(14-12-19)17-20-7-9-22(28-2)10-8-20/h4-10,15,19H,3,11-14,16-17H2,1-2H3,(H3,24,25,26). The molecule has 0 radical (unpaired) electrons. The minimum atomic E-state index is 0.508. The van der Waals surface area contributed by atoms with E-state index < -0.39 is 0 Å². The van der Waals surface area contributed by atoms with Crippen molar-refractivity contribution in [1.82, 2.24) is 4.90 Å². The average Bonchev–Trinajstić information content (AvgIpc) is 2.74. The largest absolute Gasteiger partial charge is 0.497 e. The lowest BCUT2D eigenvalue weighted by molar-refractivity contribution is 0.180. The molecule has 1 fully saturated rings. The van der Waals surface area contributed by atoms with Gasteiger partial charge in [0.1, 0.15) is 5.75 Å². The van der Waals surface area contributed by atoms with Crippen LogP contribution in [0, 0.1) is 5.92 Å². The smallest absolute Gasteiger partial charge is 0.193 e. The van der Waals surface area contributed by atoms with E-state index in [1.54, 1.807) is 7.11 Å². The van der Waals surface area contributed by atoms with Gasteiger partial charge in [0, 0.05) is 18.8 Å². The quantitative estimate of drug-likeness (QED) is 0.565. The van der Waals surface area contributed by atoms with Gasteiger partial charge in [-0.15, -0.1) is 0 Å². The average molecular weight is 381 g/mol. The fourth-order valence-corrected chi connectivity index (χ4v) is 3.60. The molecule has 1 heterocycles. The van der Waals surface area contributed by atoms with Gasteiger partial charge in [0.05, 0.1) is 7.11 Å². The maximum absolute atomic E-state index is 6.09. The minimum Gasteiger partial charge on any atom is -0.497 e. The van der Waals surface area contributed by atoms with Crippen molar-refractivity contribution in [1.29, 1.82) is 0 Å². The molecule has 0 amide bonds. The molecule has 0 unspecified atom stereocenters. The minimum absolute atomic E-state index is 0.508. The van der Waals surface area contributed by atoms with Crippen molar-refractivity contribution in [3.63, 3.8) is 0 Å². The second-order valence-electron chi connectivity index (χ2n) is 7.47. The van der Waals surface area contributed by atoms with Crippen LogP contribution in [0.3, 0.4) is 0 Å². The number of aliphatic imine (C=N–C) groups is 1. The van der Waals surface area contributed by atoms with E-state index in [9.17, 15) is 0 Å². The highest BCUT2D eigenvalue weighted by Crippen LogP contribution is 2.20. The van der Waals surface area contributed by atoms with E-state index in [0.29, 0.717) is 11.9 Å². The number of guanidine groups is 1. The number of hydrogen-bond acceptors (Lipinski definition) is 3. The number of likely N-dealkylation sites (tertiary alicyclic amines) is 1. The monoisotopic (exact) mass is 380 g/mol. The summed E-state index contributed by atoms with van der Waals surface area (Å²) in [6.07, 6.45) is 3.35. The molecule has 150 valence electrons. The van der Waals surface area contributed by atoms with Crippen molar-refractivity contribution >= 4 is 11.6 Å². The number of benzene rings is 2. The Balaban J connectivity index is 1.42. The van der Waals surface area contributed by atoms with Gasteiger partial charge in [-0.3, -0.25) is 9.89 Å². The second kappa shape index (κ2) is 10.1. The van der Waals surface area contributed by atoms with Gasteiger partial charge in [-0.25, -0.2) is 0 Å². The van der Waals surface area contributed by atoms with Crippen LogP contribution >= 0.6 is 0 Å². The van der Waals surface area contributed by atoms with Crippen molar-refractivity contribution in [3.05, 3.63) is 59.7 Å². The zero-order valence-electron chi connectivity index (χ0n) is 17.0. The molecule has 3 N–H and O–H groups in total. The predicted molar refractivity (Wildman–Crippen MR) is 117 cm³/mol. The molecule has 1 saturated heterocycles. The first-order valence-electron chi connectivity index (χ1n) is 10.2. The number of anilines is 1. The van der Waals surface area contributed by atoms with Crippen LogP contribution in [0.2, 0.25) is 0 Å². The third kappa shape index (κ3) is 5.99. The van der Waals surface area contributed by atoms with E-state index in [1.807, 2.05) is 24.3 Å². The molecule has 28 heavy (non-hydrogen) atoms. The van der Waals surface area contributed by atoms with E-state index in [1.165, 1.54) is 11.1 Å². The fourth-order valence-electron chi connectivity index (χ4n) is 3.60. The van der Waals surface area contributed by atoms with Crippen molar-refractivity contribution in [2.24, 2.45) is 16.6 Å². The molecule has 3 rings (SSSR count). The van der Waals surface area contributed by atoms with Gasteiger partial charge in [0.15, 0.2) is 5.96 Å². The summed E-state index contributed by atoms with van der Waals surface area (Å²) in [4.78, 5) is 7.09. The molecule has 1 aliphatic rings. The van der Waals surface area contributed by atoms with Crippen LogP contribution in [0.1, 0.15) is 30.9 Å². The van der Waals surface area contributed by atoms with Crippen LogP contribution in [0.4, 0.5) is 5.69 Å². The molecule has 0 aromatic heterocycles. The highest BCUT2D eigenvalue weighted by Gasteiger charge is 2.19. The van der Waals surface area contributed by atoms with Crippen LogP contribution in [-0.4, -0.2) is 37.6 Å². The Morgan fingerprint density at radius 2 is 1.89 bits per heavy atom. The molecular formula is C23H32N4O. The number of piperidine rings is 1. The summed E-state index contributed by atoms with van der Waals surface area (Å²) in [5.41, 5.74) is 9.72. The van der Waals surface area contributed by atoms with Crippen LogP contribution < -0.4 is 15.8 Å². The maximum Gasteiger partial charge on any atom is 0.193 e. The van der Waals surface area contributed by atoms with Crippen LogP contribution in [0.25, 0.3) is 0 Å². The van der Waals surface area contributed by atoms with Gasteiger partial charge in [-0.1, -0.05) is 31.2 Å². The van der Waals surface area contributed by atoms with E-state index in [2.05, 4.69) is 46.4 Å². The summed E-state index contributed by atoms with van der Waals surface area (Å²) in [6.45, 7) is 6.16. The lowest BCUT2D eigenvalue weighted by atomic mass is 9.96. The number of aryl methyl sites for hydroxylation is 1. The van der Waals surface area contributed by atoms with Crippen LogP contribution in [0.15, 0.2) is 53.5 Å². The summed E-state index contributed by atoms with van der Waals surface area (Å²) in [5, 5.41) is 3.21. The Hall–Kier alpha value is -2.53. The zero-order chi connectivity index (χ0) is 19.8. The van der Waals surface area contributed by atoms with E-state index in [0.717, 1.165) is 56.9 Å². The Kier molecular flexibility index (Phi) is 7.31. The number of ether oxygens (including phenoxy) is 1. The van der Waals surface area contributed by atoms with Gasteiger partial charge in [-0.2, -0.15) is 0 Å². The lowest BCUT2D eigenvalue weighted by Crippen LogP contribution is -2.34. The fraction of sp³-hybridized carbons (Fsp3) is 0.435. The molecule has 5 nitrogen and oxygen atoms in total. The molecule has 0 spiro atoms. The van der Waals surface area contributed by atoms with Crippen molar-refractivity contribution in [2.45, 2.75) is 32.7 Å². The summed E-state index contributed by atoms with van der Waals surface area (Å²) in [5.74, 6) is 2.02. The Morgan fingerprint density at radius 3 is 2.57 bits per heavy atom. The molecule has 2 aromatic rings. The number of nitrogens with two attached hydrogens (primary N) is 1. The van der Waals surface area contributed by atoms with Crippen LogP contribution in [-0.2, 0) is 13.0 Å². The maximum atomic E-state index is 6.09. The lowest BCUT2D eigenvalue weighted by Gasteiger charge is -2.31. The number of hydrogen-bond donors (Lipinski definition) is 2. The highest BCUT2D eigenvalue weighted by molar-refractivity contribution is 5.92. The first-order valence-corrected chi connectivity index (χ1v) is 10.2. The SMILES string of the molecule is CCc1cccc(NC(N)=NCC2CCN(Cc3ccc(OC)cc3)CC2)c1. The van der Waals surface area contributed by atoms with Gasteiger partial charge >= 0.3 is 0 Å². The Morgan fingerprint density at radius 1 is 1.14 bits per heavy atom. The molecule has 0 aliphatic carbocycles. The Bertz CT molecular complexity index is 764. The first-order chi connectivity index (χ1) is 13.7. The van der Waals surface area contributed by atoms with Gasteiger partial charge in [0.2, 0.25) is 0 Å². The molecular weight excluding hydrogens is 348 g/mol. The summed E-state index contributed by atoms with van der Waals surface area (Å²) < 4.78 is 5.23. The summed E-state index contributed by atoms with van der Waals surface area (Å²) >= 11 is 0. The first kappa shape index (κ1) is 20.2. The van der Waals surface area contributed by atoms with Gasteiger partial charge in [-0.05, 0) is 73.7 Å². The molecule has 0 saturated carbocycles. The summed E-state index contributed by atoms with van der Waals surface area (Å²) in [7, 11) is 1.70. The predicted octanol–water partition coefficient (Wildman–Crippen LogP) is 3.90. The number of nitrogens with one attached hydrogen (secondary N) is 1. The topological polar surface area (TPSA) is 62.9 Å². The third-order valence-corrected chi connectivity index (χ3v) is 5.40. The normalized spacial score (nSPS) is 16.1. The molecule has 0 bridgehead atoms. The van der Waals surface area contributed by atoms with E-state index in [4.69, 9.17) is 10.5 Å². The number of nitrogens with zero attached hydrogens (tertiary/aromatic N) is 2. The molecule has 0 atom stereocenters. The third-order valence-electron chi connectivity index (χ3n) is 5.40. The number of methoxy groups -OCH3 is 1. The van der Waals surface area contributed by atoms with Crippen molar-refractivity contribution < 1.29 is 4.74 Å². The zero-order valence-corrected chi connectivity index (χ0v) is 17.0. The highest BCUT2D eigenvalue weighted by atomic mass is 16.5. The Labute approximate surface area is 168 Å². The van der Waals surface area contributed by atoms with E-state index >= 15 is 0 Å². The summed E-state index contributed by atoms with van der Waals surface area (Å²) in [6, 6.07) is 16.7. The van der Waals surface area contributed by atoms with Gasteiger partial charge in [0.25, 0.3) is 0 Å². The van der Waals surface area contributed by atoms with Crippen molar-refractivity contribution in [2.75, 3.05) is 32.1 Å². The number of rotatable bonds is 7. The molecule has 2 aromatic carbocycles. The van der Waals surface area contributed by atoms with E-state index in [-0.39, 0.29) is 0 Å².